The topological polar surface area (TPSA) is 69.8 Å². The van der Waals surface area contributed by atoms with Crippen LogP contribution in [0.3, 0.4) is 0 Å². The molecule has 1 amide bonds. The molecule has 1 heterocycles. The number of hydrogen-bond acceptors (Lipinski definition) is 3. The number of nitrogens with one attached hydrogen (secondary N) is 3. The Hall–Kier alpha value is -2.01. The lowest BCUT2D eigenvalue weighted by Gasteiger charge is -2.08. The van der Waals surface area contributed by atoms with Gasteiger partial charge in [-0.1, -0.05) is 11.6 Å². The van der Waals surface area contributed by atoms with Gasteiger partial charge in [0.05, 0.1) is 29.2 Å². The van der Waals surface area contributed by atoms with Gasteiger partial charge in [-0.15, -0.1) is 0 Å². The Balaban J connectivity index is 2.13. The second-order valence-corrected chi connectivity index (χ2v) is 4.51. The second kappa shape index (κ2) is 5.75. The van der Waals surface area contributed by atoms with Crippen LogP contribution < -0.4 is 10.6 Å². The van der Waals surface area contributed by atoms with Crippen LogP contribution in [0.25, 0.3) is 0 Å². The lowest BCUT2D eigenvalue weighted by Crippen LogP contribution is -2.18. The van der Waals surface area contributed by atoms with Gasteiger partial charge in [-0.05, 0) is 25.1 Å². The molecule has 0 bridgehead atoms. The number of benzene rings is 1. The molecule has 0 atom stereocenters. The van der Waals surface area contributed by atoms with E-state index in [2.05, 4.69) is 20.6 Å². The van der Waals surface area contributed by atoms with Crippen molar-refractivity contribution >= 4 is 23.2 Å². The molecule has 6 heteroatoms. The molecule has 19 heavy (non-hydrogen) atoms. The summed E-state index contributed by atoms with van der Waals surface area (Å²) in [5, 5.41) is 6.20. The Bertz CT molecular complexity index is 594. The van der Waals surface area contributed by atoms with Crippen LogP contribution in [-0.2, 0) is 6.54 Å². The molecule has 2 rings (SSSR count). The van der Waals surface area contributed by atoms with E-state index in [1.54, 1.807) is 25.5 Å². The van der Waals surface area contributed by atoms with Crippen molar-refractivity contribution in [2.75, 3.05) is 12.4 Å². The molecular weight excluding hydrogens is 264 g/mol. The van der Waals surface area contributed by atoms with Crippen molar-refractivity contribution in [2.45, 2.75) is 13.5 Å². The molecule has 100 valence electrons. The van der Waals surface area contributed by atoms with E-state index in [0.29, 0.717) is 17.1 Å². The average Bonchev–Trinajstić information content (AvgIpc) is 2.82. The van der Waals surface area contributed by atoms with Crippen molar-refractivity contribution in [3.05, 3.63) is 46.5 Å². The van der Waals surface area contributed by atoms with Gasteiger partial charge in [-0.3, -0.25) is 4.79 Å². The first-order valence-corrected chi connectivity index (χ1v) is 6.24. The third-order valence-electron chi connectivity index (χ3n) is 2.83. The van der Waals surface area contributed by atoms with E-state index in [0.717, 1.165) is 17.1 Å². The first-order valence-electron chi connectivity index (χ1n) is 5.86. The van der Waals surface area contributed by atoms with Gasteiger partial charge in [0.15, 0.2) is 0 Å². The largest absolute Gasteiger partial charge is 0.379 e. The first-order chi connectivity index (χ1) is 9.11. The van der Waals surface area contributed by atoms with Crippen molar-refractivity contribution in [2.24, 2.45) is 0 Å². The van der Waals surface area contributed by atoms with E-state index >= 15 is 0 Å². The molecule has 2 aromatic rings. The van der Waals surface area contributed by atoms with Crippen molar-refractivity contribution in [1.82, 2.24) is 15.3 Å². The van der Waals surface area contributed by atoms with Gasteiger partial charge in [-0.25, -0.2) is 4.98 Å². The standard InChI is InChI=1S/C13H15ClN4O/c1-8-12(18-7-17-8)6-16-9-3-4-11(14)10(5-9)13(19)15-2/h3-5,7,16H,6H2,1-2H3,(H,15,19)(H,17,18). The second-order valence-electron chi connectivity index (χ2n) is 4.10. The molecule has 1 aromatic carbocycles. The van der Waals surface area contributed by atoms with Gasteiger partial charge in [0, 0.05) is 18.4 Å². The van der Waals surface area contributed by atoms with Crippen LogP contribution >= 0.6 is 11.6 Å². The lowest BCUT2D eigenvalue weighted by molar-refractivity contribution is 0.0963. The van der Waals surface area contributed by atoms with Crippen LogP contribution in [0, 0.1) is 6.92 Å². The molecule has 0 saturated heterocycles. The summed E-state index contributed by atoms with van der Waals surface area (Å²) >= 11 is 5.99. The van der Waals surface area contributed by atoms with Gasteiger partial charge >= 0.3 is 0 Å². The quantitative estimate of drug-likeness (QED) is 0.804. The number of anilines is 1. The molecule has 0 fully saturated rings. The van der Waals surface area contributed by atoms with Crippen LogP contribution in [0.5, 0.6) is 0 Å². The Kier molecular flexibility index (Phi) is 4.06. The molecule has 1 aromatic heterocycles. The zero-order valence-corrected chi connectivity index (χ0v) is 11.5. The maximum Gasteiger partial charge on any atom is 0.252 e. The highest BCUT2D eigenvalue weighted by molar-refractivity contribution is 6.34. The van der Waals surface area contributed by atoms with Gasteiger partial charge < -0.3 is 15.6 Å². The summed E-state index contributed by atoms with van der Waals surface area (Å²) in [6.07, 6.45) is 1.66. The predicted octanol–water partition coefficient (Wildman–Crippen LogP) is 2.34. The van der Waals surface area contributed by atoms with Crippen molar-refractivity contribution < 1.29 is 4.79 Å². The minimum atomic E-state index is -0.204. The number of carbonyl (C=O) groups is 1. The fourth-order valence-electron chi connectivity index (χ4n) is 1.70. The minimum Gasteiger partial charge on any atom is -0.379 e. The van der Waals surface area contributed by atoms with Gasteiger partial charge in [0.1, 0.15) is 0 Å². The van der Waals surface area contributed by atoms with E-state index in [1.807, 2.05) is 13.0 Å². The number of halogens is 1. The molecule has 0 saturated carbocycles. The number of aromatic amines is 1. The smallest absolute Gasteiger partial charge is 0.252 e. The van der Waals surface area contributed by atoms with E-state index in [1.165, 1.54) is 0 Å². The first kappa shape index (κ1) is 13.4. The number of amides is 1. The van der Waals surface area contributed by atoms with Crippen LogP contribution in [0.15, 0.2) is 24.5 Å². The maximum absolute atomic E-state index is 11.6. The summed E-state index contributed by atoms with van der Waals surface area (Å²) in [4.78, 5) is 18.8. The zero-order chi connectivity index (χ0) is 13.8. The number of rotatable bonds is 4. The number of aromatic nitrogens is 2. The van der Waals surface area contributed by atoms with Crippen molar-refractivity contribution in [1.29, 1.82) is 0 Å². The highest BCUT2D eigenvalue weighted by atomic mass is 35.5. The third-order valence-corrected chi connectivity index (χ3v) is 3.16. The number of imidazole rings is 1. The maximum atomic E-state index is 11.6. The summed E-state index contributed by atoms with van der Waals surface area (Å²) < 4.78 is 0. The molecule has 0 radical (unpaired) electrons. The summed E-state index contributed by atoms with van der Waals surface area (Å²) in [5.74, 6) is -0.204. The van der Waals surface area contributed by atoms with Crippen LogP contribution in [0.1, 0.15) is 21.7 Å². The summed E-state index contributed by atoms with van der Waals surface area (Å²) in [5.41, 5.74) is 3.24. The van der Waals surface area contributed by atoms with Crippen molar-refractivity contribution in [3.63, 3.8) is 0 Å². The number of hydrogen-bond donors (Lipinski definition) is 3. The monoisotopic (exact) mass is 278 g/mol. The summed E-state index contributed by atoms with van der Waals surface area (Å²) in [6.45, 7) is 2.55. The van der Waals surface area contributed by atoms with Gasteiger partial charge in [0.2, 0.25) is 0 Å². The molecule has 0 spiro atoms. The van der Waals surface area contributed by atoms with E-state index < -0.39 is 0 Å². The van der Waals surface area contributed by atoms with Crippen LogP contribution in [0.4, 0.5) is 5.69 Å². The van der Waals surface area contributed by atoms with Crippen molar-refractivity contribution in [3.8, 4) is 0 Å². The lowest BCUT2D eigenvalue weighted by atomic mass is 10.2. The normalized spacial score (nSPS) is 10.3. The fraction of sp³-hybridized carbons (Fsp3) is 0.231. The SMILES string of the molecule is CNC(=O)c1cc(NCc2nc[nH]c2C)ccc1Cl. The number of aryl methyl sites for hydroxylation is 1. The van der Waals surface area contributed by atoms with E-state index in [-0.39, 0.29) is 5.91 Å². The Morgan fingerprint density at radius 1 is 1.47 bits per heavy atom. The van der Waals surface area contributed by atoms with E-state index in [4.69, 9.17) is 11.6 Å². The molecule has 0 aliphatic rings. The Morgan fingerprint density at radius 2 is 2.26 bits per heavy atom. The highest BCUT2D eigenvalue weighted by Gasteiger charge is 2.09. The highest BCUT2D eigenvalue weighted by Crippen LogP contribution is 2.21. The zero-order valence-electron chi connectivity index (χ0n) is 10.7. The average molecular weight is 279 g/mol. The van der Waals surface area contributed by atoms with Crippen LogP contribution in [-0.4, -0.2) is 22.9 Å². The van der Waals surface area contributed by atoms with Gasteiger partial charge in [-0.2, -0.15) is 0 Å². The minimum absolute atomic E-state index is 0.204. The van der Waals surface area contributed by atoms with E-state index in [9.17, 15) is 4.79 Å². The molecule has 0 aliphatic heterocycles. The molecule has 0 unspecified atom stereocenters. The Labute approximate surface area is 116 Å². The molecule has 5 nitrogen and oxygen atoms in total. The molecule has 3 N–H and O–H groups in total. The third kappa shape index (κ3) is 3.06. The fourth-order valence-corrected chi connectivity index (χ4v) is 1.90. The molecule has 0 aliphatic carbocycles. The van der Waals surface area contributed by atoms with Gasteiger partial charge in [0.25, 0.3) is 5.91 Å². The Morgan fingerprint density at radius 3 is 2.89 bits per heavy atom. The number of carbonyl (C=O) groups excluding carboxylic acids is 1. The number of H-pyrrole nitrogens is 1. The molecular formula is C13H15ClN4O. The predicted molar refractivity (Wildman–Crippen MR) is 75.5 cm³/mol. The van der Waals surface area contributed by atoms with Crippen LogP contribution in [0.2, 0.25) is 5.02 Å². The number of nitrogens with zero attached hydrogens (tertiary/aromatic N) is 1. The summed E-state index contributed by atoms with van der Waals surface area (Å²) in [7, 11) is 1.58. The summed E-state index contributed by atoms with van der Waals surface area (Å²) in [6, 6.07) is 5.26.